The number of nitrogens with one attached hydrogen (secondary N) is 2. The van der Waals surface area contributed by atoms with E-state index in [0.29, 0.717) is 11.3 Å². The maximum atomic E-state index is 11.7. The highest BCUT2D eigenvalue weighted by Gasteiger charge is 2.03. The molecule has 0 aromatic heterocycles. The minimum Gasteiger partial charge on any atom is -0.399 e. The highest BCUT2D eigenvalue weighted by molar-refractivity contribution is 5.93. The summed E-state index contributed by atoms with van der Waals surface area (Å²) in [5.41, 5.74) is 13.1. The minimum absolute atomic E-state index is 0.315. The smallest absolute Gasteiger partial charge is 0.270 e. The lowest BCUT2D eigenvalue weighted by Crippen LogP contribution is -2.33. The zero-order chi connectivity index (χ0) is 17.2. The van der Waals surface area contributed by atoms with Gasteiger partial charge in [0, 0.05) is 22.4 Å². The van der Waals surface area contributed by atoms with E-state index >= 15 is 0 Å². The van der Waals surface area contributed by atoms with Gasteiger partial charge in [0.25, 0.3) is 5.91 Å². The number of carbonyl (C=O) groups is 1. The van der Waals surface area contributed by atoms with Crippen molar-refractivity contribution in [2.24, 2.45) is 10.3 Å². The van der Waals surface area contributed by atoms with Gasteiger partial charge >= 0.3 is 0 Å². The van der Waals surface area contributed by atoms with Crippen LogP contribution in [0.15, 0.2) is 58.9 Å². The van der Waals surface area contributed by atoms with Gasteiger partial charge < -0.3 is 5.73 Å². The van der Waals surface area contributed by atoms with Crippen molar-refractivity contribution in [2.75, 3.05) is 12.8 Å². The number of anilines is 1. The number of hydrogen-bond donors (Lipinski definition) is 3. The van der Waals surface area contributed by atoms with Gasteiger partial charge in [-0.15, -0.1) is 0 Å². The number of hydrogen-bond acceptors (Lipinski definition) is 4. The SMILES string of the molecule is CN=NNNC(=O)c1ccc(C#CC#Cc2ccc(N)cc2)cc1. The molecule has 2 aromatic rings. The fourth-order valence-electron chi connectivity index (χ4n) is 1.68. The van der Waals surface area contributed by atoms with E-state index in [0.717, 1.165) is 11.1 Å². The third-order valence-corrected chi connectivity index (χ3v) is 2.85. The Balaban J connectivity index is 1.97. The molecule has 0 atom stereocenters. The van der Waals surface area contributed by atoms with E-state index in [2.05, 4.69) is 45.0 Å². The van der Waals surface area contributed by atoms with Crippen molar-refractivity contribution in [2.45, 2.75) is 0 Å². The van der Waals surface area contributed by atoms with Crippen LogP contribution in [0.25, 0.3) is 0 Å². The second kappa shape index (κ2) is 8.62. The third-order valence-electron chi connectivity index (χ3n) is 2.85. The normalized spacial score (nSPS) is 9.38. The van der Waals surface area contributed by atoms with Crippen molar-refractivity contribution < 1.29 is 4.79 Å². The second-order valence-corrected chi connectivity index (χ2v) is 4.57. The van der Waals surface area contributed by atoms with Crippen LogP contribution < -0.4 is 16.7 Å². The van der Waals surface area contributed by atoms with Crippen LogP contribution in [0.5, 0.6) is 0 Å². The monoisotopic (exact) mass is 317 g/mol. The van der Waals surface area contributed by atoms with Gasteiger partial charge in [-0.05, 0) is 60.4 Å². The van der Waals surface area contributed by atoms with Crippen LogP contribution in [-0.4, -0.2) is 13.0 Å². The molecule has 0 bridgehead atoms. The molecule has 0 fully saturated rings. The Morgan fingerprint density at radius 3 is 2.04 bits per heavy atom. The Morgan fingerprint density at radius 1 is 0.958 bits per heavy atom. The van der Waals surface area contributed by atoms with Gasteiger partial charge in [0.1, 0.15) is 0 Å². The number of hydrazine groups is 1. The number of benzene rings is 2. The van der Waals surface area contributed by atoms with E-state index in [9.17, 15) is 4.79 Å². The zero-order valence-corrected chi connectivity index (χ0v) is 13.0. The van der Waals surface area contributed by atoms with Gasteiger partial charge in [-0.25, -0.2) is 5.43 Å². The molecule has 24 heavy (non-hydrogen) atoms. The highest BCUT2D eigenvalue weighted by Crippen LogP contribution is 2.04. The van der Waals surface area contributed by atoms with Crippen LogP contribution in [0.4, 0.5) is 5.69 Å². The standard InChI is InChI=1S/C18H15N5O/c1-20-22-23-21-18(24)16-10-6-14(7-11-16)4-2-3-5-15-8-12-17(19)13-9-15/h6-13H,19H2,1H3,(H,20,23)(H,21,22,24). The number of nitrogens with two attached hydrogens (primary N) is 1. The van der Waals surface area contributed by atoms with E-state index < -0.39 is 0 Å². The third kappa shape index (κ3) is 5.21. The predicted molar refractivity (Wildman–Crippen MR) is 92.4 cm³/mol. The zero-order valence-electron chi connectivity index (χ0n) is 13.0. The predicted octanol–water partition coefficient (Wildman–Crippen LogP) is 1.90. The van der Waals surface area contributed by atoms with Crippen molar-refractivity contribution in [3.8, 4) is 23.7 Å². The summed E-state index contributed by atoms with van der Waals surface area (Å²) in [6.07, 6.45) is 0. The van der Waals surface area contributed by atoms with Crippen molar-refractivity contribution in [1.82, 2.24) is 11.0 Å². The number of rotatable bonds is 3. The van der Waals surface area contributed by atoms with E-state index in [4.69, 9.17) is 5.73 Å². The van der Waals surface area contributed by atoms with Crippen LogP contribution >= 0.6 is 0 Å². The molecule has 0 aliphatic heterocycles. The summed E-state index contributed by atoms with van der Waals surface area (Å²) < 4.78 is 0. The molecule has 0 heterocycles. The van der Waals surface area contributed by atoms with Gasteiger partial charge in [-0.2, -0.15) is 10.6 Å². The molecule has 1 amide bonds. The second-order valence-electron chi connectivity index (χ2n) is 4.57. The molecule has 0 saturated carbocycles. The molecule has 0 aliphatic carbocycles. The molecular weight excluding hydrogens is 302 g/mol. The molecule has 6 heteroatoms. The molecular formula is C18H15N5O. The number of nitrogen functional groups attached to an aromatic ring is 1. The molecule has 2 aromatic carbocycles. The van der Waals surface area contributed by atoms with E-state index in [-0.39, 0.29) is 5.91 Å². The van der Waals surface area contributed by atoms with Crippen LogP contribution in [0.3, 0.4) is 0 Å². The Kier molecular flexibility index (Phi) is 5.96. The molecule has 0 radical (unpaired) electrons. The molecule has 0 spiro atoms. The molecule has 4 N–H and O–H groups in total. The Labute approximate surface area is 140 Å². The van der Waals surface area contributed by atoms with Crippen molar-refractivity contribution in [1.29, 1.82) is 0 Å². The molecule has 0 saturated heterocycles. The first-order chi connectivity index (χ1) is 11.7. The van der Waals surface area contributed by atoms with E-state index in [1.54, 1.807) is 36.4 Å². The molecule has 6 nitrogen and oxygen atoms in total. The Bertz CT molecular complexity index is 847. The van der Waals surface area contributed by atoms with Crippen molar-refractivity contribution in [3.05, 3.63) is 65.2 Å². The molecule has 2 rings (SSSR count). The summed E-state index contributed by atoms with van der Waals surface area (Å²) in [5.74, 6) is 11.1. The van der Waals surface area contributed by atoms with Crippen molar-refractivity contribution in [3.63, 3.8) is 0 Å². The van der Waals surface area contributed by atoms with E-state index in [1.807, 2.05) is 12.1 Å². The summed E-state index contributed by atoms with van der Waals surface area (Å²) in [7, 11) is 1.49. The van der Waals surface area contributed by atoms with Crippen LogP contribution in [0, 0.1) is 23.7 Å². The fourth-order valence-corrected chi connectivity index (χ4v) is 1.68. The lowest BCUT2D eigenvalue weighted by Gasteiger charge is -2.02. The summed E-state index contributed by atoms with van der Waals surface area (Å²) >= 11 is 0. The first-order valence-corrected chi connectivity index (χ1v) is 7.01. The summed E-state index contributed by atoms with van der Waals surface area (Å²) in [5, 5.41) is 6.88. The van der Waals surface area contributed by atoms with Gasteiger partial charge in [0.15, 0.2) is 0 Å². The van der Waals surface area contributed by atoms with E-state index in [1.165, 1.54) is 7.05 Å². The van der Waals surface area contributed by atoms with Gasteiger partial charge in [0.2, 0.25) is 0 Å². The highest BCUT2D eigenvalue weighted by atomic mass is 16.2. The summed E-state index contributed by atoms with van der Waals surface area (Å²) in [6, 6.07) is 14.1. The Hall–Kier alpha value is -3.77. The fraction of sp³-hybridized carbons (Fsp3) is 0.0556. The average Bonchev–Trinajstić information content (AvgIpc) is 2.61. The Morgan fingerprint density at radius 2 is 1.50 bits per heavy atom. The number of carbonyl (C=O) groups excluding carboxylic acids is 1. The first-order valence-electron chi connectivity index (χ1n) is 7.01. The van der Waals surface area contributed by atoms with Crippen LogP contribution in [0.1, 0.15) is 21.5 Å². The van der Waals surface area contributed by atoms with Crippen LogP contribution in [0.2, 0.25) is 0 Å². The van der Waals surface area contributed by atoms with Gasteiger partial charge in [-0.3, -0.25) is 4.79 Å². The lowest BCUT2D eigenvalue weighted by molar-refractivity contribution is 0.0932. The van der Waals surface area contributed by atoms with Gasteiger partial charge in [-0.1, -0.05) is 17.1 Å². The number of amides is 1. The largest absolute Gasteiger partial charge is 0.399 e. The summed E-state index contributed by atoms with van der Waals surface area (Å²) in [6.45, 7) is 0. The van der Waals surface area contributed by atoms with Gasteiger partial charge in [0.05, 0.1) is 7.05 Å². The molecule has 0 aliphatic rings. The quantitative estimate of drug-likeness (QED) is 0.349. The molecule has 0 unspecified atom stereocenters. The maximum Gasteiger partial charge on any atom is 0.270 e. The van der Waals surface area contributed by atoms with Crippen molar-refractivity contribution >= 4 is 11.6 Å². The topological polar surface area (TPSA) is 91.9 Å². The maximum absolute atomic E-state index is 11.7. The first kappa shape index (κ1) is 16.6. The average molecular weight is 317 g/mol. The molecule has 118 valence electrons. The lowest BCUT2D eigenvalue weighted by atomic mass is 10.1. The number of nitrogens with zero attached hydrogens (tertiary/aromatic N) is 2. The van der Waals surface area contributed by atoms with Crippen LogP contribution in [-0.2, 0) is 0 Å². The summed E-state index contributed by atoms with van der Waals surface area (Å²) in [4.78, 5) is 11.7. The minimum atomic E-state index is -0.315.